The lowest BCUT2D eigenvalue weighted by molar-refractivity contribution is -0.126. The first-order valence-electron chi connectivity index (χ1n) is 9.86. The third-order valence-corrected chi connectivity index (χ3v) is 7.78. The quantitative estimate of drug-likeness (QED) is 0.718. The van der Waals surface area contributed by atoms with Gasteiger partial charge in [-0.1, -0.05) is 12.8 Å². The number of rotatable bonds is 5. The van der Waals surface area contributed by atoms with Crippen molar-refractivity contribution in [2.75, 3.05) is 52.5 Å². The molecule has 1 saturated carbocycles. The van der Waals surface area contributed by atoms with Gasteiger partial charge in [0.15, 0.2) is 0 Å². The van der Waals surface area contributed by atoms with Crippen molar-refractivity contribution in [1.82, 2.24) is 18.8 Å². The minimum absolute atomic E-state index is 0.0707. The van der Waals surface area contributed by atoms with Crippen LogP contribution in [-0.4, -0.2) is 92.4 Å². The van der Waals surface area contributed by atoms with E-state index in [1.54, 1.807) is 4.31 Å². The zero-order valence-electron chi connectivity index (χ0n) is 15.7. The predicted octanol–water partition coefficient (Wildman–Crippen LogP) is 0.0184. The van der Waals surface area contributed by atoms with Crippen LogP contribution in [0.3, 0.4) is 0 Å². The molecule has 1 atom stereocenters. The molecule has 1 N–H and O–H groups in total. The van der Waals surface area contributed by atoms with Gasteiger partial charge >= 0.3 is 0 Å². The Morgan fingerprint density at radius 3 is 2.31 bits per heavy atom. The number of carbonyl (C=O) groups excluding carboxylic acids is 1. The molecule has 0 radical (unpaired) electrons. The van der Waals surface area contributed by atoms with E-state index >= 15 is 0 Å². The van der Waals surface area contributed by atoms with Gasteiger partial charge in [0.1, 0.15) is 0 Å². The Kier molecular flexibility index (Phi) is 6.90. The van der Waals surface area contributed by atoms with Crippen LogP contribution in [0, 0.1) is 0 Å². The molecule has 8 nitrogen and oxygen atoms in total. The molecule has 2 heterocycles. The average molecular weight is 389 g/mol. The van der Waals surface area contributed by atoms with E-state index in [-0.39, 0.29) is 11.9 Å². The summed E-state index contributed by atoms with van der Waals surface area (Å²) in [6.07, 6.45) is 5.27. The van der Waals surface area contributed by atoms with Gasteiger partial charge in [0.05, 0.1) is 19.3 Å². The number of ether oxygens (including phenoxy) is 1. The van der Waals surface area contributed by atoms with Gasteiger partial charge in [-0.15, -0.1) is 0 Å². The lowest BCUT2D eigenvalue weighted by Crippen LogP contribution is -2.51. The fourth-order valence-electron chi connectivity index (χ4n) is 4.03. The highest BCUT2D eigenvalue weighted by Crippen LogP contribution is 2.19. The van der Waals surface area contributed by atoms with E-state index in [1.807, 2.05) is 6.92 Å². The van der Waals surface area contributed by atoms with Crippen LogP contribution in [-0.2, 0) is 19.7 Å². The molecule has 2 aliphatic heterocycles. The van der Waals surface area contributed by atoms with Gasteiger partial charge in [-0.3, -0.25) is 9.69 Å². The molecule has 3 aliphatic rings. The summed E-state index contributed by atoms with van der Waals surface area (Å²) < 4.78 is 34.0. The molecule has 1 aliphatic carbocycles. The first kappa shape index (κ1) is 20.0. The molecule has 26 heavy (non-hydrogen) atoms. The van der Waals surface area contributed by atoms with E-state index in [2.05, 4.69) is 10.2 Å². The second-order valence-electron chi connectivity index (χ2n) is 7.47. The van der Waals surface area contributed by atoms with Crippen LogP contribution < -0.4 is 5.32 Å². The Morgan fingerprint density at radius 1 is 0.962 bits per heavy atom. The summed E-state index contributed by atoms with van der Waals surface area (Å²) in [5.74, 6) is 0.0707. The van der Waals surface area contributed by atoms with Crippen LogP contribution in [0.2, 0.25) is 0 Å². The summed E-state index contributed by atoms with van der Waals surface area (Å²) in [6.45, 7) is 5.95. The van der Waals surface area contributed by atoms with Crippen molar-refractivity contribution in [3.8, 4) is 0 Å². The lowest BCUT2D eigenvalue weighted by atomic mass is 10.2. The van der Waals surface area contributed by atoms with Crippen molar-refractivity contribution in [3.05, 3.63) is 0 Å². The molecule has 3 rings (SSSR count). The normalized spacial score (nSPS) is 26.5. The summed E-state index contributed by atoms with van der Waals surface area (Å²) in [5.41, 5.74) is 0. The summed E-state index contributed by atoms with van der Waals surface area (Å²) in [6, 6.07) is 0.0942. The highest BCUT2D eigenvalue weighted by atomic mass is 32.2. The van der Waals surface area contributed by atoms with Crippen molar-refractivity contribution in [1.29, 1.82) is 0 Å². The number of carbonyl (C=O) groups is 1. The third kappa shape index (κ3) is 4.75. The lowest BCUT2D eigenvalue weighted by Gasteiger charge is -2.32. The summed E-state index contributed by atoms with van der Waals surface area (Å²) in [5, 5.41) is 3.15. The van der Waals surface area contributed by atoms with Crippen LogP contribution in [0.25, 0.3) is 0 Å². The molecule has 0 aromatic rings. The van der Waals surface area contributed by atoms with Crippen molar-refractivity contribution < 1.29 is 17.9 Å². The number of hydrogen-bond acceptors (Lipinski definition) is 5. The Bertz CT molecular complexity index is 573. The monoisotopic (exact) mass is 388 g/mol. The van der Waals surface area contributed by atoms with E-state index < -0.39 is 10.2 Å². The number of amides is 1. The molecule has 0 bridgehead atoms. The van der Waals surface area contributed by atoms with Crippen LogP contribution >= 0.6 is 0 Å². The maximum atomic E-state index is 12.8. The van der Waals surface area contributed by atoms with Gasteiger partial charge in [-0.05, 0) is 26.2 Å². The van der Waals surface area contributed by atoms with E-state index in [4.69, 9.17) is 4.74 Å². The van der Waals surface area contributed by atoms with Crippen molar-refractivity contribution in [2.24, 2.45) is 0 Å². The predicted molar refractivity (Wildman–Crippen MR) is 98.9 cm³/mol. The SMILES string of the molecule is CC(C(=O)NC1CCCC1)N1CCCN(S(=O)(=O)N2CCOCC2)CC1. The minimum atomic E-state index is -3.44. The summed E-state index contributed by atoms with van der Waals surface area (Å²) in [4.78, 5) is 14.6. The van der Waals surface area contributed by atoms with Crippen molar-refractivity contribution >= 4 is 16.1 Å². The Morgan fingerprint density at radius 2 is 1.62 bits per heavy atom. The highest BCUT2D eigenvalue weighted by molar-refractivity contribution is 7.86. The molecular weight excluding hydrogens is 356 g/mol. The molecule has 1 amide bonds. The Balaban J connectivity index is 1.54. The van der Waals surface area contributed by atoms with Crippen LogP contribution in [0.4, 0.5) is 0 Å². The first-order valence-corrected chi connectivity index (χ1v) is 11.3. The maximum absolute atomic E-state index is 12.8. The van der Waals surface area contributed by atoms with Gasteiger partial charge < -0.3 is 10.1 Å². The number of morpholine rings is 1. The Labute approximate surface area is 157 Å². The topological polar surface area (TPSA) is 82.2 Å². The van der Waals surface area contributed by atoms with Gasteiger partial charge in [0, 0.05) is 45.3 Å². The van der Waals surface area contributed by atoms with E-state index in [1.165, 1.54) is 17.1 Å². The molecule has 1 unspecified atom stereocenters. The van der Waals surface area contributed by atoms with Crippen LogP contribution in [0.5, 0.6) is 0 Å². The second-order valence-corrected chi connectivity index (χ2v) is 9.40. The number of nitrogens with one attached hydrogen (secondary N) is 1. The van der Waals surface area contributed by atoms with E-state index in [9.17, 15) is 13.2 Å². The molecular formula is C17H32N4O4S. The largest absolute Gasteiger partial charge is 0.379 e. The summed E-state index contributed by atoms with van der Waals surface area (Å²) >= 11 is 0. The smallest absolute Gasteiger partial charge is 0.282 e. The van der Waals surface area contributed by atoms with Gasteiger partial charge in [-0.2, -0.15) is 17.0 Å². The molecule has 0 aromatic heterocycles. The molecule has 3 fully saturated rings. The third-order valence-electron chi connectivity index (χ3n) is 5.74. The van der Waals surface area contributed by atoms with E-state index in [0.29, 0.717) is 52.0 Å². The standard InChI is InChI=1S/C17H32N4O4S/c1-15(17(22)18-16-5-2-3-6-16)19-7-4-8-20(10-9-19)26(23,24)21-11-13-25-14-12-21/h15-16H,2-14H2,1H3,(H,18,22). The van der Waals surface area contributed by atoms with Crippen LogP contribution in [0.1, 0.15) is 39.0 Å². The van der Waals surface area contributed by atoms with Gasteiger partial charge in [-0.25, -0.2) is 0 Å². The zero-order chi connectivity index (χ0) is 18.6. The number of hydrogen-bond donors (Lipinski definition) is 1. The van der Waals surface area contributed by atoms with Crippen molar-refractivity contribution in [3.63, 3.8) is 0 Å². The fourth-order valence-corrected chi connectivity index (χ4v) is 5.64. The highest BCUT2D eigenvalue weighted by Gasteiger charge is 2.34. The summed E-state index contributed by atoms with van der Waals surface area (Å²) in [7, 11) is -3.44. The molecule has 0 spiro atoms. The van der Waals surface area contributed by atoms with Crippen LogP contribution in [0.15, 0.2) is 0 Å². The molecule has 2 saturated heterocycles. The molecule has 150 valence electrons. The minimum Gasteiger partial charge on any atom is -0.379 e. The molecule has 0 aromatic carbocycles. The van der Waals surface area contributed by atoms with Gasteiger partial charge in [0.2, 0.25) is 5.91 Å². The Hall–Kier alpha value is -0.740. The first-order chi connectivity index (χ1) is 12.5. The molecule has 9 heteroatoms. The average Bonchev–Trinajstić information content (AvgIpc) is 3.02. The fraction of sp³-hybridized carbons (Fsp3) is 0.941. The maximum Gasteiger partial charge on any atom is 0.282 e. The number of nitrogens with zero attached hydrogens (tertiary/aromatic N) is 3. The zero-order valence-corrected chi connectivity index (χ0v) is 16.5. The second kappa shape index (κ2) is 8.97. The van der Waals surface area contributed by atoms with Crippen molar-refractivity contribution in [2.45, 2.75) is 51.1 Å². The van der Waals surface area contributed by atoms with E-state index in [0.717, 1.165) is 25.8 Å². The van der Waals surface area contributed by atoms with Gasteiger partial charge in [0.25, 0.3) is 10.2 Å².